The van der Waals surface area contributed by atoms with Gasteiger partial charge in [0.2, 0.25) is 0 Å². The summed E-state index contributed by atoms with van der Waals surface area (Å²) < 4.78 is 0. The van der Waals surface area contributed by atoms with Gasteiger partial charge in [-0.15, -0.1) is 0 Å². The Morgan fingerprint density at radius 1 is 0.850 bits per heavy atom. The molecule has 2 aromatic carbocycles. The third kappa shape index (κ3) is 3.52. The molecule has 2 N–H and O–H groups in total. The predicted octanol–water partition coefficient (Wildman–Crippen LogP) is 4.73. The average molecular weight is 270 g/mol. The third-order valence-electron chi connectivity index (χ3n) is 3.09. The number of rotatable bonds is 3. The van der Waals surface area contributed by atoms with E-state index in [-0.39, 0.29) is 5.54 Å². The quantitative estimate of drug-likeness (QED) is 0.791. The second-order valence-corrected chi connectivity index (χ2v) is 6.02. The SMILES string of the molecule is Cc1ccc(Nc2ccc(N(O)C(C)(C)C)cc2)cc1. The monoisotopic (exact) mass is 270 g/mol. The molecule has 0 unspecified atom stereocenters. The van der Waals surface area contributed by atoms with Gasteiger partial charge in [-0.1, -0.05) is 17.7 Å². The highest BCUT2D eigenvalue weighted by atomic mass is 16.5. The van der Waals surface area contributed by atoms with Crippen LogP contribution in [-0.2, 0) is 0 Å². The zero-order valence-electron chi connectivity index (χ0n) is 12.5. The highest BCUT2D eigenvalue weighted by molar-refractivity contribution is 5.62. The van der Waals surface area contributed by atoms with E-state index >= 15 is 0 Å². The molecule has 2 rings (SSSR count). The fourth-order valence-corrected chi connectivity index (χ4v) is 1.88. The topological polar surface area (TPSA) is 35.5 Å². The molecule has 0 saturated heterocycles. The van der Waals surface area contributed by atoms with Crippen molar-refractivity contribution in [1.29, 1.82) is 0 Å². The van der Waals surface area contributed by atoms with Crippen LogP contribution in [0.2, 0.25) is 0 Å². The summed E-state index contributed by atoms with van der Waals surface area (Å²) in [5.74, 6) is 0. The highest BCUT2D eigenvalue weighted by Crippen LogP contribution is 2.24. The number of benzene rings is 2. The molecule has 0 aliphatic heterocycles. The molecule has 0 atom stereocenters. The largest absolute Gasteiger partial charge is 0.356 e. The molecule has 2 aromatic rings. The van der Waals surface area contributed by atoms with Gasteiger partial charge in [0.25, 0.3) is 0 Å². The van der Waals surface area contributed by atoms with Crippen molar-refractivity contribution in [3.05, 3.63) is 54.1 Å². The van der Waals surface area contributed by atoms with Crippen LogP contribution in [0.4, 0.5) is 17.1 Å². The summed E-state index contributed by atoms with van der Waals surface area (Å²) in [6, 6.07) is 16.0. The van der Waals surface area contributed by atoms with Gasteiger partial charge < -0.3 is 5.32 Å². The second-order valence-electron chi connectivity index (χ2n) is 6.02. The molecule has 3 heteroatoms. The van der Waals surface area contributed by atoms with Crippen LogP contribution in [0.5, 0.6) is 0 Å². The van der Waals surface area contributed by atoms with E-state index in [1.165, 1.54) is 10.6 Å². The Kier molecular flexibility index (Phi) is 4.00. The van der Waals surface area contributed by atoms with E-state index in [9.17, 15) is 5.21 Å². The van der Waals surface area contributed by atoms with Gasteiger partial charge in [-0.25, -0.2) is 0 Å². The van der Waals surface area contributed by atoms with Gasteiger partial charge in [-0.3, -0.25) is 10.3 Å². The summed E-state index contributed by atoms with van der Waals surface area (Å²) in [6.45, 7) is 7.96. The van der Waals surface area contributed by atoms with Crippen molar-refractivity contribution >= 4 is 17.1 Å². The van der Waals surface area contributed by atoms with E-state index in [1.807, 2.05) is 45.0 Å². The molecule has 0 bridgehead atoms. The molecular formula is C17H22N2O. The Hall–Kier alpha value is -2.00. The summed E-state index contributed by atoms with van der Waals surface area (Å²) in [5, 5.41) is 14.7. The predicted molar refractivity (Wildman–Crippen MR) is 84.9 cm³/mol. The molecule has 106 valence electrons. The number of nitrogens with zero attached hydrogens (tertiary/aromatic N) is 1. The van der Waals surface area contributed by atoms with E-state index < -0.39 is 0 Å². The van der Waals surface area contributed by atoms with Gasteiger partial charge in [-0.05, 0) is 64.1 Å². The number of hydrogen-bond acceptors (Lipinski definition) is 3. The van der Waals surface area contributed by atoms with Crippen LogP contribution in [0.3, 0.4) is 0 Å². The minimum absolute atomic E-state index is 0.314. The van der Waals surface area contributed by atoms with Crippen molar-refractivity contribution in [2.24, 2.45) is 0 Å². The molecule has 20 heavy (non-hydrogen) atoms. The van der Waals surface area contributed by atoms with E-state index in [4.69, 9.17) is 0 Å². The van der Waals surface area contributed by atoms with Gasteiger partial charge in [0, 0.05) is 11.4 Å². The molecule has 0 fully saturated rings. The van der Waals surface area contributed by atoms with E-state index in [0.29, 0.717) is 0 Å². The molecule has 3 nitrogen and oxygen atoms in total. The van der Waals surface area contributed by atoms with Gasteiger partial charge in [0.15, 0.2) is 0 Å². The first-order valence-electron chi connectivity index (χ1n) is 6.79. The van der Waals surface area contributed by atoms with Gasteiger partial charge in [0.1, 0.15) is 0 Å². The molecule has 0 saturated carbocycles. The second kappa shape index (κ2) is 5.55. The lowest BCUT2D eigenvalue weighted by molar-refractivity contribution is 0.181. The van der Waals surface area contributed by atoms with Crippen LogP contribution in [-0.4, -0.2) is 10.7 Å². The third-order valence-corrected chi connectivity index (χ3v) is 3.09. The number of hydrogen-bond donors (Lipinski definition) is 2. The van der Waals surface area contributed by atoms with Crippen LogP contribution in [0.15, 0.2) is 48.5 Å². The standard InChI is InChI=1S/C17H22N2O/c1-13-5-7-14(8-6-13)18-15-9-11-16(12-10-15)19(20)17(2,3)4/h5-12,18,20H,1-4H3. The lowest BCUT2D eigenvalue weighted by Crippen LogP contribution is -2.38. The van der Waals surface area contributed by atoms with Crippen LogP contribution in [0, 0.1) is 6.92 Å². The Labute approximate surface area is 120 Å². The van der Waals surface area contributed by atoms with Crippen molar-refractivity contribution in [2.75, 3.05) is 10.4 Å². The lowest BCUT2D eigenvalue weighted by atomic mass is 10.1. The summed E-state index contributed by atoms with van der Waals surface area (Å²) in [7, 11) is 0. The van der Waals surface area contributed by atoms with Crippen molar-refractivity contribution in [2.45, 2.75) is 33.2 Å². The van der Waals surface area contributed by atoms with Crippen LogP contribution in [0.1, 0.15) is 26.3 Å². The zero-order chi connectivity index (χ0) is 14.8. The Balaban J connectivity index is 2.10. The highest BCUT2D eigenvalue weighted by Gasteiger charge is 2.19. The van der Waals surface area contributed by atoms with Crippen LogP contribution >= 0.6 is 0 Å². The normalized spacial score (nSPS) is 11.2. The summed E-state index contributed by atoms with van der Waals surface area (Å²) >= 11 is 0. The van der Waals surface area contributed by atoms with Crippen LogP contribution in [0.25, 0.3) is 0 Å². The van der Waals surface area contributed by atoms with Crippen molar-refractivity contribution in [3.8, 4) is 0 Å². The first kappa shape index (κ1) is 14.4. The number of hydroxylamine groups is 1. The van der Waals surface area contributed by atoms with Crippen molar-refractivity contribution < 1.29 is 5.21 Å². The number of aryl methyl sites for hydroxylation is 1. The maximum atomic E-state index is 10.1. The summed E-state index contributed by atoms with van der Waals surface area (Å²) in [4.78, 5) is 0. The maximum absolute atomic E-state index is 10.1. The average Bonchev–Trinajstić information content (AvgIpc) is 2.40. The summed E-state index contributed by atoms with van der Waals surface area (Å²) in [6.07, 6.45) is 0. The first-order valence-corrected chi connectivity index (χ1v) is 6.79. The fourth-order valence-electron chi connectivity index (χ4n) is 1.88. The maximum Gasteiger partial charge on any atom is 0.0641 e. The van der Waals surface area contributed by atoms with E-state index in [1.54, 1.807) is 0 Å². The van der Waals surface area contributed by atoms with Crippen molar-refractivity contribution in [1.82, 2.24) is 0 Å². The minimum atomic E-state index is -0.314. The molecule has 0 radical (unpaired) electrons. The molecule has 0 amide bonds. The Bertz CT molecular complexity index is 553. The lowest BCUT2D eigenvalue weighted by Gasteiger charge is -2.31. The Morgan fingerprint density at radius 3 is 1.75 bits per heavy atom. The number of nitrogens with one attached hydrogen (secondary N) is 1. The molecule has 0 spiro atoms. The van der Waals surface area contributed by atoms with Gasteiger partial charge in [0.05, 0.1) is 11.2 Å². The van der Waals surface area contributed by atoms with Gasteiger partial charge in [-0.2, -0.15) is 0 Å². The first-order chi connectivity index (χ1) is 9.36. The molecule has 0 aliphatic carbocycles. The zero-order valence-corrected chi connectivity index (χ0v) is 12.5. The molecule has 0 aromatic heterocycles. The smallest absolute Gasteiger partial charge is 0.0641 e. The van der Waals surface area contributed by atoms with E-state index in [0.717, 1.165) is 17.1 Å². The molecule has 0 aliphatic rings. The van der Waals surface area contributed by atoms with Crippen LogP contribution < -0.4 is 10.4 Å². The number of anilines is 3. The van der Waals surface area contributed by atoms with Crippen molar-refractivity contribution in [3.63, 3.8) is 0 Å². The summed E-state index contributed by atoms with van der Waals surface area (Å²) in [5.41, 5.74) is 3.77. The Morgan fingerprint density at radius 2 is 1.30 bits per heavy atom. The minimum Gasteiger partial charge on any atom is -0.356 e. The molecular weight excluding hydrogens is 248 g/mol. The molecule has 0 heterocycles. The van der Waals surface area contributed by atoms with Gasteiger partial charge >= 0.3 is 0 Å². The van der Waals surface area contributed by atoms with E-state index in [2.05, 4.69) is 36.5 Å². The fraction of sp³-hybridized carbons (Fsp3) is 0.294.